The smallest absolute Gasteiger partial charge is 0.246 e. The van der Waals surface area contributed by atoms with E-state index in [0.717, 1.165) is 11.1 Å². The summed E-state index contributed by atoms with van der Waals surface area (Å²) < 4.78 is 14.6. The van der Waals surface area contributed by atoms with Crippen molar-refractivity contribution in [2.75, 3.05) is 31.1 Å². The maximum absolute atomic E-state index is 14.8. The number of unbranched alkanes of at least 4 members (excludes halogenated alkanes) is 1. The molecule has 2 aliphatic heterocycles. The van der Waals surface area contributed by atoms with Crippen LogP contribution in [0.5, 0.6) is 5.75 Å². The topological polar surface area (TPSA) is 404 Å². The van der Waals surface area contributed by atoms with E-state index in [4.69, 9.17) is 11.5 Å². The fourth-order valence-electron chi connectivity index (χ4n) is 10.3. The predicted octanol–water partition coefficient (Wildman–Crippen LogP) is 0.448. The molecule has 4 heterocycles. The summed E-state index contributed by atoms with van der Waals surface area (Å²) in [5.74, 6) is -7.21. The average Bonchev–Trinajstić information content (AvgIpc) is 2.50. The minimum absolute atomic E-state index is 0.0479. The lowest BCUT2D eigenvalue weighted by atomic mass is 9.99. The molecule has 26 nitrogen and oxygen atoms in total. The Morgan fingerprint density at radius 1 is 0.767 bits per heavy atom. The fraction of sp³-hybridized carbons (Fsp3) is 0.443. The number of rotatable bonds is 13. The molecule has 0 aliphatic carbocycles. The van der Waals surface area contributed by atoms with Crippen molar-refractivity contribution in [2.24, 2.45) is 11.5 Å². The number of nitrogens with two attached hydrogens (primary N) is 2. The summed E-state index contributed by atoms with van der Waals surface area (Å²) in [5, 5.41) is 31.5. The quantitative estimate of drug-likeness (QED) is 0.0562. The van der Waals surface area contributed by atoms with E-state index in [2.05, 4.69) is 57.5 Å². The van der Waals surface area contributed by atoms with Crippen LogP contribution in [0.25, 0.3) is 10.9 Å². The molecular formula is C61H77FN14O12S2. The van der Waals surface area contributed by atoms with E-state index >= 15 is 0 Å². The highest BCUT2D eigenvalue weighted by Gasteiger charge is 2.41. The summed E-state index contributed by atoms with van der Waals surface area (Å²) in [6.45, 7) is 2.33. The number of benzene rings is 3. The Bertz CT molecular complexity index is 3370. The van der Waals surface area contributed by atoms with Crippen molar-refractivity contribution in [2.45, 2.75) is 137 Å². The molecule has 7 rings (SSSR count). The molecule has 10 amide bonds. The molecule has 90 heavy (non-hydrogen) atoms. The Labute approximate surface area is 527 Å². The first-order chi connectivity index (χ1) is 43.1. The Kier molecular flexibility index (Phi) is 25.3. The summed E-state index contributed by atoms with van der Waals surface area (Å²) in [5.41, 5.74) is 13.2. The molecule has 2 bridgehead atoms. The zero-order chi connectivity index (χ0) is 64.9. The second kappa shape index (κ2) is 33.1. The second-order valence-corrected chi connectivity index (χ2v) is 24.7. The number of primary amides is 1. The average molecular weight is 1280 g/mol. The zero-order valence-electron chi connectivity index (χ0n) is 49.9. The normalized spacial score (nSPS) is 22.9. The number of thioether (sulfide) groups is 2. The van der Waals surface area contributed by atoms with Gasteiger partial charge in [-0.3, -0.25) is 47.9 Å². The van der Waals surface area contributed by atoms with Gasteiger partial charge in [0.15, 0.2) is 0 Å². The summed E-state index contributed by atoms with van der Waals surface area (Å²) in [7, 11) is 0. The highest BCUT2D eigenvalue weighted by molar-refractivity contribution is 7.98. The van der Waals surface area contributed by atoms with Crippen molar-refractivity contribution in [1.29, 1.82) is 0 Å². The van der Waals surface area contributed by atoms with Gasteiger partial charge in [-0.05, 0) is 105 Å². The van der Waals surface area contributed by atoms with Gasteiger partial charge in [0.1, 0.15) is 65.7 Å². The Morgan fingerprint density at radius 3 is 2.19 bits per heavy atom. The maximum Gasteiger partial charge on any atom is 0.246 e. The number of carbonyl (C=O) groups excluding carboxylic acids is 11. The highest BCUT2D eigenvalue weighted by Crippen LogP contribution is 2.25. The monoisotopic (exact) mass is 1280 g/mol. The lowest BCUT2D eigenvalue weighted by Crippen LogP contribution is -2.63. The first kappa shape index (κ1) is 68.7. The number of aromatic amines is 2. The van der Waals surface area contributed by atoms with Crippen molar-refractivity contribution >= 4 is 99.8 Å². The Balaban J connectivity index is 1.17. The van der Waals surface area contributed by atoms with Gasteiger partial charge in [0.05, 0.1) is 12.9 Å². The zero-order valence-corrected chi connectivity index (χ0v) is 51.5. The third-order valence-electron chi connectivity index (χ3n) is 15.2. The predicted molar refractivity (Wildman–Crippen MR) is 334 cm³/mol. The summed E-state index contributed by atoms with van der Waals surface area (Å²) >= 11 is 2.83. The number of phenolic OH excluding ortho intramolecular Hbond substituents is 1. The van der Waals surface area contributed by atoms with E-state index in [1.54, 1.807) is 0 Å². The molecule has 5 aromatic rings. The van der Waals surface area contributed by atoms with Crippen LogP contribution in [0.15, 0.2) is 85.5 Å². The van der Waals surface area contributed by atoms with E-state index in [1.807, 2.05) is 24.3 Å². The van der Waals surface area contributed by atoms with Gasteiger partial charge in [-0.25, -0.2) is 9.37 Å². The van der Waals surface area contributed by atoms with Crippen molar-refractivity contribution in [3.8, 4) is 5.75 Å². The molecule has 0 saturated carbocycles. The number of H-pyrrole nitrogens is 2. The van der Waals surface area contributed by atoms with Crippen LogP contribution in [0.1, 0.15) is 86.7 Å². The summed E-state index contributed by atoms with van der Waals surface area (Å²) in [4.78, 5) is 164. The van der Waals surface area contributed by atoms with Gasteiger partial charge in [-0.1, -0.05) is 36.4 Å². The number of hydrogen-bond acceptors (Lipinski definition) is 16. The molecular weight excluding hydrogens is 1200 g/mol. The van der Waals surface area contributed by atoms with Gasteiger partial charge in [-0.2, -0.15) is 23.5 Å². The fourth-order valence-corrected chi connectivity index (χ4v) is 12.2. The third kappa shape index (κ3) is 20.1. The maximum atomic E-state index is 14.8. The number of imidazole rings is 1. The van der Waals surface area contributed by atoms with E-state index in [9.17, 15) is 62.2 Å². The first-order valence-electron chi connectivity index (χ1n) is 29.5. The molecule has 0 unspecified atom stereocenters. The molecule has 1 saturated heterocycles. The molecule has 3 aromatic carbocycles. The number of amides is 10. The van der Waals surface area contributed by atoms with E-state index in [0.29, 0.717) is 77.1 Å². The molecule has 0 radical (unpaired) electrons. The number of carbonyl (C=O) groups is 11. The van der Waals surface area contributed by atoms with Crippen LogP contribution in [0.4, 0.5) is 4.39 Å². The number of nitrogens with zero attached hydrogens (tertiary/aromatic N) is 2. The van der Waals surface area contributed by atoms with Crippen LogP contribution < -0.4 is 54.0 Å². The molecule has 15 N–H and O–H groups in total. The van der Waals surface area contributed by atoms with Gasteiger partial charge >= 0.3 is 0 Å². The SMILES string of the molecule is CC1(C)NC(=O)[C@H](Cc2c[nH]c3ccc(F)cc23)NC(=O)CNC(=O)[C@H](CCCCN)NC(=O)CCSCc2cccc(c2)CSC[C@@H](C(N)=O)NC(=O)[C@@H]2CCCN2C(=O)[C@H](Cc2ccc(O)cc2)NC(=O)[C@H](Cc2cnc[nH]2)NC(=O)[C@H](CC=O)NC1=O. The van der Waals surface area contributed by atoms with E-state index < -0.39 is 126 Å². The highest BCUT2D eigenvalue weighted by atomic mass is 32.2. The van der Waals surface area contributed by atoms with E-state index in [-0.39, 0.29) is 56.6 Å². The van der Waals surface area contributed by atoms with Crippen molar-refractivity contribution in [3.05, 3.63) is 119 Å². The minimum Gasteiger partial charge on any atom is -0.508 e. The first-order valence-corrected chi connectivity index (χ1v) is 31.8. The van der Waals surface area contributed by atoms with Crippen molar-refractivity contribution in [3.63, 3.8) is 0 Å². The lowest BCUT2D eigenvalue weighted by Gasteiger charge is -2.31. The van der Waals surface area contributed by atoms with Crippen LogP contribution in [0.2, 0.25) is 0 Å². The number of aromatic nitrogens is 3. The number of hydrogen-bond donors (Lipinski definition) is 13. The van der Waals surface area contributed by atoms with Gasteiger partial charge < -0.3 is 78.8 Å². The third-order valence-corrected chi connectivity index (χ3v) is 17.3. The summed E-state index contributed by atoms with van der Waals surface area (Å²) in [6.07, 6.45) is 5.08. The standard InChI is InChI=1S/C61H77FN14O12S2/c1-61(2)60(88)74-45(17-21-77)55(83)71-47(27-40-29-65-34-68-40)56(84)72-48(24-35-11-14-41(78)15-12-35)59(87)76-20-6-10-50(76)58(86)73-49(53(64)81)33-90-32-37-8-5-7-36(23-37)31-89-22-18-51(79)69-44(9-3-4-19-63)54(82)67-30-52(80)70-46(57(85)75-61)25-38-28-66-43-16-13-39(62)26-42(38)43/h5,7-8,11-16,21,23,26,28-29,34,44-50,66,78H,3-4,6,9-10,17-20,22,24-25,27,30-33,63H2,1-2H3,(H2,64,81)(H,65,68)(H,67,82)(H,69,79)(H,70,80)(H,71,83)(H,72,84)(H,73,86)(H,74,88)(H,75,85)/t44-,45-,46-,47-,48-,49-,50-/m0/s1. The Morgan fingerprint density at radius 2 is 1.48 bits per heavy atom. The molecule has 7 atom stereocenters. The largest absolute Gasteiger partial charge is 0.508 e. The van der Waals surface area contributed by atoms with Gasteiger partial charge in [-0.15, -0.1) is 0 Å². The van der Waals surface area contributed by atoms with E-state index in [1.165, 1.54) is 103 Å². The molecule has 0 spiro atoms. The number of phenols is 1. The van der Waals surface area contributed by atoms with Gasteiger partial charge in [0, 0.05) is 90.7 Å². The molecule has 482 valence electrons. The van der Waals surface area contributed by atoms with Crippen LogP contribution in [-0.2, 0) is 83.5 Å². The van der Waals surface area contributed by atoms with Gasteiger partial charge in [0.2, 0.25) is 59.1 Å². The number of aldehydes is 1. The summed E-state index contributed by atoms with van der Waals surface area (Å²) in [6, 6.07) is 8.09. The Hall–Kier alpha value is -8.83. The minimum atomic E-state index is -1.92. The molecule has 2 aromatic heterocycles. The van der Waals surface area contributed by atoms with Crippen molar-refractivity contribution < 1.29 is 62.2 Å². The molecule has 1 fully saturated rings. The number of nitrogens with one attached hydrogen (secondary N) is 10. The number of aromatic hydroxyl groups is 1. The van der Waals surface area contributed by atoms with Crippen LogP contribution in [0.3, 0.4) is 0 Å². The van der Waals surface area contributed by atoms with Crippen LogP contribution in [-0.4, -0.2) is 169 Å². The molecule has 2 aliphatic rings. The van der Waals surface area contributed by atoms with Crippen molar-refractivity contribution in [1.82, 2.24) is 62.4 Å². The van der Waals surface area contributed by atoms with Crippen LogP contribution >= 0.6 is 23.5 Å². The second-order valence-electron chi connectivity index (χ2n) is 22.6. The van der Waals surface area contributed by atoms with Gasteiger partial charge in [0.25, 0.3) is 0 Å². The number of fused-ring (bicyclic) bond motifs is 4. The lowest BCUT2D eigenvalue weighted by molar-refractivity contribution is -0.142. The number of halogens is 1. The van der Waals surface area contributed by atoms with Crippen LogP contribution in [0, 0.1) is 5.82 Å². The molecule has 29 heteroatoms.